The average molecular weight is 249 g/mol. The minimum Gasteiger partial charge on any atom is -0.396 e. The third-order valence-corrected chi connectivity index (χ3v) is 2.83. The van der Waals surface area contributed by atoms with Gasteiger partial charge in [-0.05, 0) is 18.2 Å². The van der Waals surface area contributed by atoms with E-state index in [2.05, 4.69) is 0 Å². The summed E-state index contributed by atoms with van der Waals surface area (Å²) in [6, 6.07) is 2.50. The van der Waals surface area contributed by atoms with Crippen molar-refractivity contribution in [1.29, 1.82) is 0 Å². The highest BCUT2D eigenvalue weighted by molar-refractivity contribution is 5.51. The Bertz CT molecular complexity index is 412. The summed E-state index contributed by atoms with van der Waals surface area (Å²) < 4.78 is 50.4. The van der Waals surface area contributed by atoms with Gasteiger partial charge in [0.2, 0.25) is 0 Å². The van der Waals surface area contributed by atoms with Crippen molar-refractivity contribution >= 4 is 5.69 Å². The molecule has 1 fully saturated rings. The van der Waals surface area contributed by atoms with Gasteiger partial charge in [-0.1, -0.05) is 0 Å². The molecule has 1 saturated heterocycles. The summed E-state index contributed by atoms with van der Waals surface area (Å²) >= 11 is 0. The van der Waals surface area contributed by atoms with Gasteiger partial charge < -0.3 is 10.0 Å². The Morgan fingerprint density at radius 3 is 2.41 bits per heavy atom. The molecule has 0 amide bonds. The first-order valence-corrected chi connectivity index (χ1v) is 5.14. The second-order valence-electron chi connectivity index (χ2n) is 4.12. The summed E-state index contributed by atoms with van der Waals surface area (Å²) in [6.07, 6.45) is -4.53. The van der Waals surface area contributed by atoms with E-state index in [1.807, 2.05) is 0 Å². The van der Waals surface area contributed by atoms with Crippen LogP contribution in [0.5, 0.6) is 0 Å². The first-order chi connectivity index (χ1) is 7.91. The first-order valence-electron chi connectivity index (χ1n) is 5.14. The second kappa shape index (κ2) is 4.18. The summed E-state index contributed by atoms with van der Waals surface area (Å²) in [5, 5.41) is 8.80. The van der Waals surface area contributed by atoms with Gasteiger partial charge in [0.05, 0.1) is 11.3 Å². The maximum absolute atomic E-state index is 13.5. The van der Waals surface area contributed by atoms with Gasteiger partial charge in [-0.2, -0.15) is 13.2 Å². The van der Waals surface area contributed by atoms with Gasteiger partial charge in [0.25, 0.3) is 0 Å². The summed E-state index contributed by atoms with van der Waals surface area (Å²) in [5.74, 6) is -0.798. The van der Waals surface area contributed by atoms with Gasteiger partial charge >= 0.3 is 6.18 Å². The van der Waals surface area contributed by atoms with Crippen LogP contribution in [0.25, 0.3) is 0 Å². The van der Waals surface area contributed by atoms with Crippen molar-refractivity contribution in [2.24, 2.45) is 5.92 Å². The number of anilines is 1. The number of aliphatic hydroxyl groups is 1. The predicted octanol–water partition coefficient (Wildman–Crippen LogP) is 2.27. The molecule has 0 unspecified atom stereocenters. The van der Waals surface area contributed by atoms with Gasteiger partial charge in [-0.25, -0.2) is 4.39 Å². The Morgan fingerprint density at radius 1 is 1.29 bits per heavy atom. The van der Waals surface area contributed by atoms with Gasteiger partial charge in [0.15, 0.2) is 0 Å². The number of hydrogen-bond donors (Lipinski definition) is 1. The van der Waals surface area contributed by atoms with Crippen LogP contribution in [0.2, 0.25) is 0 Å². The fraction of sp³-hybridized carbons (Fsp3) is 0.455. The molecule has 0 saturated carbocycles. The van der Waals surface area contributed by atoms with Crippen LogP contribution in [-0.4, -0.2) is 24.8 Å². The van der Waals surface area contributed by atoms with Crippen molar-refractivity contribution in [3.05, 3.63) is 29.6 Å². The number of hydrogen-bond acceptors (Lipinski definition) is 2. The van der Waals surface area contributed by atoms with Crippen LogP contribution in [-0.2, 0) is 6.18 Å². The number of benzene rings is 1. The van der Waals surface area contributed by atoms with Crippen molar-refractivity contribution in [3.8, 4) is 0 Å². The molecule has 0 aromatic heterocycles. The molecule has 1 aliphatic rings. The lowest BCUT2D eigenvalue weighted by Crippen LogP contribution is -2.48. The molecule has 0 aliphatic carbocycles. The second-order valence-corrected chi connectivity index (χ2v) is 4.12. The Hall–Kier alpha value is -1.30. The Balaban J connectivity index is 2.16. The predicted molar refractivity (Wildman–Crippen MR) is 54.2 cm³/mol. The number of halogens is 4. The van der Waals surface area contributed by atoms with Crippen molar-refractivity contribution in [3.63, 3.8) is 0 Å². The van der Waals surface area contributed by atoms with Crippen molar-refractivity contribution < 1.29 is 22.7 Å². The van der Waals surface area contributed by atoms with Crippen LogP contribution in [0.1, 0.15) is 5.56 Å². The Morgan fingerprint density at radius 2 is 1.94 bits per heavy atom. The largest absolute Gasteiger partial charge is 0.416 e. The maximum Gasteiger partial charge on any atom is 0.416 e. The molecule has 6 heteroatoms. The maximum atomic E-state index is 13.5. The van der Waals surface area contributed by atoms with Crippen molar-refractivity contribution in [1.82, 2.24) is 0 Å². The number of rotatable bonds is 2. The molecule has 94 valence electrons. The monoisotopic (exact) mass is 249 g/mol. The van der Waals surface area contributed by atoms with E-state index >= 15 is 0 Å². The third kappa shape index (κ3) is 2.36. The molecular weight excluding hydrogens is 238 g/mol. The van der Waals surface area contributed by atoms with Gasteiger partial charge in [-0.15, -0.1) is 0 Å². The average Bonchev–Trinajstić information content (AvgIpc) is 2.17. The van der Waals surface area contributed by atoms with E-state index in [1.165, 1.54) is 0 Å². The van der Waals surface area contributed by atoms with Crippen LogP contribution < -0.4 is 4.90 Å². The lowest BCUT2D eigenvalue weighted by molar-refractivity contribution is -0.137. The molecule has 0 radical (unpaired) electrons. The van der Waals surface area contributed by atoms with Gasteiger partial charge in [-0.3, -0.25) is 0 Å². The summed E-state index contributed by atoms with van der Waals surface area (Å²) in [4.78, 5) is 1.61. The number of alkyl halides is 3. The van der Waals surface area contributed by atoms with Crippen LogP contribution in [0.4, 0.5) is 23.2 Å². The molecule has 0 bridgehead atoms. The molecule has 17 heavy (non-hydrogen) atoms. The number of nitrogens with zero attached hydrogens (tertiary/aromatic N) is 1. The molecule has 1 aliphatic heterocycles. The highest BCUT2D eigenvalue weighted by atomic mass is 19.4. The molecule has 1 N–H and O–H groups in total. The standard InChI is InChI=1S/C11H11F4NO/c12-9-3-8(11(13,14)15)1-2-10(9)16-4-7(5-16)6-17/h1-3,7,17H,4-6H2. The molecule has 0 spiro atoms. The zero-order valence-electron chi connectivity index (χ0n) is 8.84. The van der Waals surface area contributed by atoms with Crippen LogP contribution in [0.15, 0.2) is 18.2 Å². The number of aliphatic hydroxyl groups excluding tert-OH is 1. The molecule has 1 aromatic carbocycles. The van der Waals surface area contributed by atoms with E-state index in [0.29, 0.717) is 19.2 Å². The summed E-state index contributed by atoms with van der Waals surface area (Å²) in [6.45, 7) is 0.955. The normalized spacial score (nSPS) is 17.1. The highest BCUT2D eigenvalue weighted by Gasteiger charge is 2.33. The van der Waals surface area contributed by atoms with E-state index in [0.717, 1.165) is 12.1 Å². The summed E-state index contributed by atoms with van der Waals surface area (Å²) in [7, 11) is 0. The van der Waals surface area contributed by atoms with Crippen LogP contribution >= 0.6 is 0 Å². The van der Waals surface area contributed by atoms with Crippen LogP contribution in [0.3, 0.4) is 0 Å². The zero-order valence-corrected chi connectivity index (χ0v) is 8.84. The molecule has 1 aromatic rings. The van der Waals surface area contributed by atoms with E-state index in [4.69, 9.17) is 5.11 Å². The van der Waals surface area contributed by atoms with Crippen molar-refractivity contribution in [2.75, 3.05) is 24.6 Å². The van der Waals surface area contributed by atoms with E-state index in [1.54, 1.807) is 4.90 Å². The molecule has 0 atom stereocenters. The van der Waals surface area contributed by atoms with Gasteiger partial charge in [0.1, 0.15) is 5.82 Å². The SMILES string of the molecule is OCC1CN(c2ccc(C(F)(F)F)cc2F)C1. The topological polar surface area (TPSA) is 23.5 Å². The Kier molecular flexibility index (Phi) is 2.99. The van der Waals surface area contributed by atoms with E-state index < -0.39 is 17.6 Å². The highest BCUT2D eigenvalue weighted by Crippen LogP contribution is 2.33. The first kappa shape index (κ1) is 12.2. The fourth-order valence-corrected chi connectivity index (χ4v) is 1.82. The minimum absolute atomic E-state index is 0.0127. The summed E-state index contributed by atoms with van der Waals surface area (Å²) in [5.41, 5.74) is -0.833. The van der Waals surface area contributed by atoms with E-state index in [-0.39, 0.29) is 18.2 Å². The quantitative estimate of drug-likeness (QED) is 0.813. The Labute approximate surface area is 95.5 Å². The van der Waals surface area contributed by atoms with Crippen LogP contribution in [0, 0.1) is 11.7 Å². The molecule has 2 rings (SSSR count). The van der Waals surface area contributed by atoms with E-state index in [9.17, 15) is 17.6 Å². The van der Waals surface area contributed by atoms with Crippen molar-refractivity contribution in [2.45, 2.75) is 6.18 Å². The van der Waals surface area contributed by atoms with Gasteiger partial charge in [0, 0.05) is 25.6 Å². The molecule has 1 heterocycles. The molecular formula is C11H11F4NO. The third-order valence-electron chi connectivity index (χ3n) is 2.83. The fourth-order valence-electron chi connectivity index (χ4n) is 1.82. The smallest absolute Gasteiger partial charge is 0.396 e. The lowest BCUT2D eigenvalue weighted by Gasteiger charge is -2.40. The lowest BCUT2D eigenvalue weighted by atomic mass is 10.00. The zero-order chi connectivity index (χ0) is 12.6. The molecule has 2 nitrogen and oxygen atoms in total. The minimum atomic E-state index is -4.53.